The van der Waals surface area contributed by atoms with E-state index >= 15 is 0 Å². The van der Waals surface area contributed by atoms with Gasteiger partial charge in [-0.1, -0.05) is 54.2 Å². The van der Waals surface area contributed by atoms with Gasteiger partial charge in [0.05, 0.1) is 11.4 Å². The summed E-state index contributed by atoms with van der Waals surface area (Å²) in [7, 11) is 0. The van der Waals surface area contributed by atoms with Gasteiger partial charge in [0, 0.05) is 16.6 Å². The molecule has 3 aromatic carbocycles. The number of H-pyrrole nitrogens is 1. The number of aromatic nitrogens is 3. The van der Waals surface area contributed by atoms with Gasteiger partial charge < -0.3 is 10.3 Å². The number of thioether (sulfide) groups is 1. The molecule has 0 radical (unpaired) electrons. The molecule has 0 aliphatic heterocycles. The van der Waals surface area contributed by atoms with Gasteiger partial charge in [0.15, 0.2) is 5.16 Å². The van der Waals surface area contributed by atoms with Crippen LogP contribution in [0, 0.1) is 12.7 Å². The topological polar surface area (TPSA) is 79.8 Å². The number of carbonyl (C=O) groups excluding carboxylic acids is 1. The molecule has 0 saturated carbocycles. The maximum absolute atomic E-state index is 14.7. The van der Waals surface area contributed by atoms with Crippen molar-refractivity contribution in [2.24, 2.45) is 0 Å². The zero-order valence-electron chi connectivity index (χ0n) is 17.6. The van der Waals surface area contributed by atoms with Crippen LogP contribution in [0.15, 0.2) is 82.7 Å². The molecule has 0 aliphatic carbocycles. The van der Waals surface area contributed by atoms with E-state index in [-0.39, 0.29) is 28.0 Å². The Morgan fingerprint density at radius 3 is 2.70 bits per heavy atom. The molecule has 164 valence electrons. The van der Waals surface area contributed by atoms with E-state index in [0.717, 1.165) is 28.2 Å². The fourth-order valence-electron chi connectivity index (χ4n) is 3.73. The Bertz CT molecular complexity index is 1570. The Morgan fingerprint density at radius 2 is 1.88 bits per heavy atom. The van der Waals surface area contributed by atoms with Crippen LogP contribution in [0.3, 0.4) is 0 Å². The first-order valence-corrected chi connectivity index (χ1v) is 11.3. The van der Waals surface area contributed by atoms with Gasteiger partial charge in [0.2, 0.25) is 5.91 Å². The Labute approximate surface area is 192 Å². The van der Waals surface area contributed by atoms with E-state index in [1.165, 1.54) is 16.7 Å². The largest absolute Gasteiger partial charge is 0.349 e. The molecule has 5 rings (SSSR count). The number of halogens is 1. The van der Waals surface area contributed by atoms with Crippen molar-refractivity contribution in [3.63, 3.8) is 0 Å². The predicted octanol–water partition coefficient (Wildman–Crippen LogP) is 5.05. The average Bonchev–Trinajstić information content (AvgIpc) is 3.18. The third-order valence-electron chi connectivity index (χ3n) is 5.22. The van der Waals surface area contributed by atoms with E-state index in [1.807, 2.05) is 49.4 Å². The number of fused-ring (bicyclic) bond motifs is 3. The number of nitrogens with zero attached hydrogens (tertiary/aromatic N) is 2. The fourth-order valence-corrected chi connectivity index (χ4v) is 4.53. The molecular weight excluding hydrogens is 439 g/mol. The molecule has 2 N–H and O–H groups in total. The van der Waals surface area contributed by atoms with Crippen LogP contribution in [0.2, 0.25) is 0 Å². The van der Waals surface area contributed by atoms with Crippen LogP contribution >= 0.6 is 11.8 Å². The summed E-state index contributed by atoms with van der Waals surface area (Å²) in [5.74, 6) is -0.801. The van der Waals surface area contributed by atoms with E-state index < -0.39 is 11.4 Å². The Kier molecular flexibility index (Phi) is 5.43. The molecule has 0 saturated heterocycles. The van der Waals surface area contributed by atoms with Gasteiger partial charge in [-0.05, 0) is 42.8 Å². The molecule has 0 atom stereocenters. The van der Waals surface area contributed by atoms with Crippen molar-refractivity contribution in [3.8, 4) is 5.69 Å². The summed E-state index contributed by atoms with van der Waals surface area (Å²) in [6, 6.07) is 20.9. The number of rotatable bonds is 5. The quantitative estimate of drug-likeness (QED) is 0.286. The van der Waals surface area contributed by atoms with Crippen molar-refractivity contribution in [2.45, 2.75) is 12.1 Å². The van der Waals surface area contributed by atoms with Crippen LogP contribution in [0.4, 0.5) is 10.1 Å². The molecule has 0 spiro atoms. The number of carbonyl (C=O) groups is 1. The number of amides is 1. The van der Waals surface area contributed by atoms with Gasteiger partial charge >= 0.3 is 0 Å². The van der Waals surface area contributed by atoms with E-state index in [2.05, 4.69) is 15.3 Å². The van der Waals surface area contributed by atoms with E-state index in [4.69, 9.17) is 0 Å². The van der Waals surface area contributed by atoms with Gasteiger partial charge in [0.25, 0.3) is 5.56 Å². The van der Waals surface area contributed by atoms with Gasteiger partial charge in [-0.3, -0.25) is 14.2 Å². The van der Waals surface area contributed by atoms with Crippen LogP contribution in [0.25, 0.3) is 27.6 Å². The standard InChI is InChI=1S/C25H19FN4O2S/c1-15-7-6-8-16(13-15)27-21(31)14-33-25-29-22-17-9-2-4-11-19(17)28-23(22)24(32)30(25)20-12-5-3-10-18(20)26/h2-13,28H,14H2,1H3,(H,27,31). The number of anilines is 1. The SMILES string of the molecule is Cc1cccc(NC(=O)CSc2nc3c([nH]c4ccccc43)c(=O)n2-c2ccccc2F)c1. The third-order valence-corrected chi connectivity index (χ3v) is 6.16. The first kappa shape index (κ1) is 21.0. The van der Waals surface area contributed by atoms with Crippen LogP contribution < -0.4 is 10.9 Å². The molecule has 0 fully saturated rings. The summed E-state index contributed by atoms with van der Waals surface area (Å²) >= 11 is 1.08. The van der Waals surface area contributed by atoms with E-state index in [9.17, 15) is 14.0 Å². The maximum Gasteiger partial charge on any atom is 0.283 e. The minimum absolute atomic E-state index is 0.00268. The highest BCUT2D eigenvalue weighted by Gasteiger charge is 2.19. The van der Waals surface area contributed by atoms with Gasteiger partial charge in [-0.25, -0.2) is 9.37 Å². The summed E-state index contributed by atoms with van der Waals surface area (Å²) < 4.78 is 15.9. The molecule has 0 bridgehead atoms. The summed E-state index contributed by atoms with van der Waals surface area (Å²) in [5, 5.41) is 3.87. The summed E-state index contributed by atoms with van der Waals surface area (Å²) in [6.07, 6.45) is 0. The number of nitrogens with one attached hydrogen (secondary N) is 2. The number of hydrogen-bond donors (Lipinski definition) is 2. The minimum Gasteiger partial charge on any atom is -0.349 e. The molecule has 33 heavy (non-hydrogen) atoms. The second kappa shape index (κ2) is 8.55. The lowest BCUT2D eigenvalue weighted by atomic mass is 10.2. The van der Waals surface area contributed by atoms with Gasteiger partial charge in [-0.2, -0.15) is 0 Å². The fraction of sp³-hybridized carbons (Fsp3) is 0.0800. The molecular formula is C25H19FN4O2S. The van der Waals surface area contributed by atoms with E-state index in [1.54, 1.807) is 18.2 Å². The van der Waals surface area contributed by atoms with Crippen LogP contribution in [0.1, 0.15) is 5.56 Å². The molecule has 8 heteroatoms. The van der Waals surface area contributed by atoms with Crippen molar-refractivity contribution < 1.29 is 9.18 Å². The van der Waals surface area contributed by atoms with Crippen molar-refractivity contribution in [2.75, 3.05) is 11.1 Å². The molecule has 2 aromatic heterocycles. The zero-order valence-corrected chi connectivity index (χ0v) is 18.4. The lowest BCUT2D eigenvalue weighted by Gasteiger charge is -2.13. The number of hydrogen-bond acceptors (Lipinski definition) is 4. The smallest absolute Gasteiger partial charge is 0.283 e. The molecule has 5 aromatic rings. The molecule has 1 amide bonds. The maximum atomic E-state index is 14.7. The number of aryl methyl sites for hydroxylation is 1. The van der Waals surface area contributed by atoms with Crippen molar-refractivity contribution in [1.29, 1.82) is 0 Å². The predicted molar refractivity (Wildman–Crippen MR) is 130 cm³/mol. The second-order valence-corrected chi connectivity index (χ2v) is 8.53. The summed E-state index contributed by atoms with van der Waals surface area (Å²) in [6.45, 7) is 1.94. The molecule has 0 aliphatic rings. The first-order chi connectivity index (χ1) is 16.0. The Balaban J connectivity index is 1.58. The number of benzene rings is 3. The van der Waals surface area contributed by atoms with Crippen LogP contribution in [-0.2, 0) is 4.79 Å². The van der Waals surface area contributed by atoms with Crippen LogP contribution in [-0.4, -0.2) is 26.2 Å². The number of aromatic amines is 1. The van der Waals surface area contributed by atoms with Crippen LogP contribution in [0.5, 0.6) is 0 Å². The summed E-state index contributed by atoms with van der Waals surface area (Å²) in [5.41, 5.74) is 2.90. The Hall–Kier alpha value is -3.91. The normalized spacial score (nSPS) is 11.2. The lowest BCUT2D eigenvalue weighted by Crippen LogP contribution is -2.23. The van der Waals surface area contributed by atoms with Gasteiger partial charge in [-0.15, -0.1) is 0 Å². The highest BCUT2D eigenvalue weighted by molar-refractivity contribution is 7.99. The summed E-state index contributed by atoms with van der Waals surface area (Å²) in [4.78, 5) is 33.8. The zero-order chi connectivity index (χ0) is 22.9. The second-order valence-electron chi connectivity index (χ2n) is 7.59. The lowest BCUT2D eigenvalue weighted by molar-refractivity contribution is -0.113. The average molecular weight is 459 g/mol. The van der Waals surface area contributed by atoms with Gasteiger partial charge in [0.1, 0.15) is 16.9 Å². The molecule has 6 nitrogen and oxygen atoms in total. The van der Waals surface area contributed by atoms with Crippen molar-refractivity contribution in [3.05, 3.63) is 94.5 Å². The van der Waals surface area contributed by atoms with Crippen molar-refractivity contribution >= 4 is 45.3 Å². The van der Waals surface area contributed by atoms with E-state index in [0.29, 0.717) is 11.2 Å². The molecule has 2 heterocycles. The first-order valence-electron chi connectivity index (χ1n) is 10.3. The van der Waals surface area contributed by atoms with Crippen molar-refractivity contribution in [1.82, 2.24) is 14.5 Å². The Morgan fingerprint density at radius 1 is 1.09 bits per heavy atom. The highest BCUT2D eigenvalue weighted by Crippen LogP contribution is 2.27. The monoisotopic (exact) mass is 458 g/mol. The number of para-hydroxylation sites is 2. The minimum atomic E-state index is -0.553. The molecule has 0 unspecified atom stereocenters. The third kappa shape index (κ3) is 4.01. The highest BCUT2D eigenvalue weighted by atomic mass is 32.2.